The van der Waals surface area contributed by atoms with Gasteiger partial charge in [-0.15, -0.1) is 0 Å². The van der Waals surface area contributed by atoms with E-state index in [0.717, 1.165) is 63.2 Å². The minimum Gasteiger partial charge on any atom is -0.368 e. The third-order valence-electron chi connectivity index (χ3n) is 9.27. The summed E-state index contributed by atoms with van der Waals surface area (Å²) < 4.78 is 5.65. The van der Waals surface area contributed by atoms with Gasteiger partial charge in [-0.1, -0.05) is 25.0 Å². The van der Waals surface area contributed by atoms with Gasteiger partial charge in [0.2, 0.25) is 11.8 Å². The predicted octanol–water partition coefficient (Wildman–Crippen LogP) is 2.97. The Bertz CT molecular complexity index is 1010. The van der Waals surface area contributed by atoms with Crippen molar-refractivity contribution in [3.63, 3.8) is 0 Å². The number of piperidine rings is 1. The molecule has 0 bridgehead atoms. The van der Waals surface area contributed by atoms with Crippen molar-refractivity contribution < 1.29 is 19.1 Å². The third kappa shape index (κ3) is 4.31. The molecule has 7 nitrogen and oxygen atoms in total. The molecule has 2 N–H and O–H groups in total. The van der Waals surface area contributed by atoms with Crippen LogP contribution in [0.2, 0.25) is 0 Å². The van der Waals surface area contributed by atoms with E-state index in [1.807, 2.05) is 6.07 Å². The Morgan fingerprint density at radius 3 is 2.40 bits per heavy atom. The molecule has 5 fully saturated rings. The number of ketones is 1. The van der Waals surface area contributed by atoms with Crippen LogP contribution in [0.15, 0.2) is 18.2 Å². The Kier molecular flexibility index (Phi) is 6.17. The van der Waals surface area contributed by atoms with E-state index in [0.29, 0.717) is 24.4 Å². The van der Waals surface area contributed by atoms with Crippen molar-refractivity contribution in [1.82, 2.24) is 9.80 Å². The van der Waals surface area contributed by atoms with Gasteiger partial charge in [0.25, 0.3) is 0 Å². The molecule has 3 aliphatic heterocycles. The number of amides is 2. The van der Waals surface area contributed by atoms with Gasteiger partial charge in [-0.05, 0) is 87.1 Å². The molecule has 35 heavy (non-hydrogen) atoms. The summed E-state index contributed by atoms with van der Waals surface area (Å²) in [7, 11) is 0. The maximum atomic E-state index is 14.2. The molecule has 2 saturated carbocycles. The zero-order chi connectivity index (χ0) is 24.1. The van der Waals surface area contributed by atoms with Crippen molar-refractivity contribution in [1.29, 1.82) is 0 Å². The number of likely N-dealkylation sites (tertiary alicyclic amines) is 2. The summed E-state index contributed by atoms with van der Waals surface area (Å²) in [6, 6.07) is 6.35. The molecule has 0 spiro atoms. The molecule has 3 heterocycles. The van der Waals surface area contributed by atoms with Crippen molar-refractivity contribution in [2.75, 3.05) is 26.2 Å². The Morgan fingerprint density at radius 2 is 1.71 bits per heavy atom. The highest BCUT2D eigenvalue weighted by molar-refractivity contribution is 5.99. The van der Waals surface area contributed by atoms with Gasteiger partial charge in [-0.2, -0.15) is 0 Å². The summed E-state index contributed by atoms with van der Waals surface area (Å²) in [5, 5.41) is 0. The van der Waals surface area contributed by atoms with Crippen molar-refractivity contribution in [2.45, 2.75) is 87.8 Å². The first kappa shape index (κ1) is 23.2. The van der Waals surface area contributed by atoms with Gasteiger partial charge >= 0.3 is 0 Å². The molecule has 2 amide bonds. The molecule has 1 aromatic rings. The zero-order valence-electron chi connectivity index (χ0n) is 20.5. The zero-order valence-corrected chi connectivity index (χ0v) is 20.5. The number of rotatable bonds is 6. The Morgan fingerprint density at radius 1 is 0.971 bits per heavy atom. The summed E-state index contributed by atoms with van der Waals surface area (Å²) in [4.78, 5) is 43.7. The number of hydrogen-bond donors (Lipinski definition) is 1. The molecule has 7 heteroatoms. The van der Waals surface area contributed by atoms with E-state index in [1.54, 1.807) is 4.90 Å². The predicted molar refractivity (Wildman–Crippen MR) is 131 cm³/mol. The van der Waals surface area contributed by atoms with Crippen LogP contribution in [-0.4, -0.2) is 71.8 Å². The van der Waals surface area contributed by atoms with E-state index in [4.69, 9.17) is 10.5 Å². The number of fused-ring (bicyclic) bond motifs is 1. The van der Waals surface area contributed by atoms with E-state index >= 15 is 0 Å². The number of nitrogens with two attached hydrogens (primary N) is 1. The average Bonchev–Trinajstić information content (AvgIpc) is 3.23. The van der Waals surface area contributed by atoms with E-state index in [1.165, 1.54) is 18.4 Å². The largest absolute Gasteiger partial charge is 0.368 e. The SMILES string of the molecule is NC(=O)c1ccc(C2CCN(C3CC3)CC2)cc1[C@@H](C(=O)N1CC[C@H]2OCC(=O)[C@H]21)C1CCCC1. The number of carbonyl (C=O) groups excluding carboxylic acids is 3. The topological polar surface area (TPSA) is 92.9 Å². The van der Waals surface area contributed by atoms with Crippen LogP contribution < -0.4 is 5.73 Å². The summed E-state index contributed by atoms with van der Waals surface area (Å²) in [5.41, 5.74) is 8.31. The van der Waals surface area contributed by atoms with Crippen LogP contribution in [0.5, 0.6) is 0 Å². The first-order chi connectivity index (χ1) is 17.0. The second-order valence-electron chi connectivity index (χ2n) is 11.4. The highest BCUT2D eigenvalue weighted by Gasteiger charge is 2.49. The van der Waals surface area contributed by atoms with Crippen molar-refractivity contribution in [3.8, 4) is 0 Å². The number of nitrogens with zero attached hydrogens (tertiary/aromatic N) is 2. The van der Waals surface area contributed by atoms with Gasteiger partial charge in [0.05, 0.1) is 12.0 Å². The lowest BCUT2D eigenvalue weighted by Gasteiger charge is -2.34. The molecule has 0 aromatic heterocycles. The van der Waals surface area contributed by atoms with E-state index in [2.05, 4.69) is 17.0 Å². The lowest BCUT2D eigenvalue weighted by Crippen LogP contribution is -2.45. The maximum absolute atomic E-state index is 14.2. The fourth-order valence-electron chi connectivity index (χ4n) is 7.25. The average molecular weight is 480 g/mol. The van der Waals surface area contributed by atoms with Crippen molar-refractivity contribution in [3.05, 3.63) is 34.9 Å². The van der Waals surface area contributed by atoms with Crippen LogP contribution in [-0.2, 0) is 14.3 Å². The second kappa shape index (κ2) is 9.32. The monoisotopic (exact) mass is 479 g/mol. The highest BCUT2D eigenvalue weighted by Crippen LogP contribution is 2.43. The Hall–Kier alpha value is -2.25. The molecule has 3 saturated heterocycles. The van der Waals surface area contributed by atoms with Gasteiger partial charge in [0.15, 0.2) is 5.78 Å². The normalized spacial score (nSPS) is 29.0. The molecule has 5 aliphatic rings. The second-order valence-corrected chi connectivity index (χ2v) is 11.4. The highest BCUT2D eigenvalue weighted by atomic mass is 16.5. The standard InChI is InChI=1S/C28H37N3O4/c29-27(33)21-8-5-19(17-9-12-30(13-10-17)20-6-7-20)15-22(21)25(18-3-1-2-4-18)28(34)31-14-11-24-26(31)23(32)16-35-24/h5,8,15,17-18,20,24-26H,1-4,6-7,9-14,16H2,(H2,29,33)/t24-,25+,26-/m1/s1. The van der Waals surface area contributed by atoms with E-state index in [9.17, 15) is 14.4 Å². The molecule has 188 valence electrons. The van der Waals surface area contributed by atoms with Crippen molar-refractivity contribution in [2.24, 2.45) is 11.7 Å². The molecule has 0 unspecified atom stereocenters. The van der Waals surface area contributed by atoms with Crippen LogP contribution in [0.25, 0.3) is 0 Å². The van der Waals surface area contributed by atoms with Gasteiger partial charge in [0, 0.05) is 18.2 Å². The lowest BCUT2D eigenvalue weighted by atomic mass is 9.78. The van der Waals surface area contributed by atoms with Gasteiger partial charge < -0.3 is 20.3 Å². The number of ether oxygens (including phenoxy) is 1. The van der Waals surface area contributed by atoms with E-state index in [-0.39, 0.29) is 30.3 Å². The quantitative estimate of drug-likeness (QED) is 0.677. The Balaban J connectivity index is 1.33. The Labute approximate surface area is 207 Å². The smallest absolute Gasteiger partial charge is 0.249 e. The molecule has 2 aliphatic carbocycles. The maximum Gasteiger partial charge on any atom is 0.249 e. The molecule has 0 radical (unpaired) electrons. The minimum atomic E-state index is -0.481. The molecule has 1 aromatic carbocycles. The van der Waals surface area contributed by atoms with Gasteiger partial charge in [0.1, 0.15) is 12.6 Å². The lowest BCUT2D eigenvalue weighted by molar-refractivity contribution is -0.138. The molecule has 6 rings (SSSR count). The minimum absolute atomic E-state index is 0.00248. The molecular weight excluding hydrogens is 442 g/mol. The fraction of sp³-hybridized carbons (Fsp3) is 0.679. The van der Waals surface area contributed by atoms with Crippen molar-refractivity contribution >= 4 is 17.6 Å². The van der Waals surface area contributed by atoms with Crippen LogP contribution in [0, 0.1) is 5.92 Å². The van der Waals surface area contributed by atoms with Crippen LogP contribution in [0.3, 0.4) is 0 Å². The summed E-state index contributed by atoms with van der Waals surface area (Å²) in [6.07, 6.45) is 9.50. The number of benzene rings is 1. The van der Waals surface area contributed by atoms with Crippen LogP contribution in [0.4, 0.5) is 0 Å². The molecule has 3 atom stereocenters. The van der Waals surface area contributed by atoms with Gasteiger partial charge in [-0.3, -0.25) is 14.4 Å². The summed E-state index contributed by atoms with van der Waals surface area (Å²) in [5.74, 6) is -0.331. The third-order valence-corrected chi connectivity index (χ3v) is 9.27. The van der Waals surface area contributed by atoms with Gasteiger partial charge in [-0.25, -0.2) is 0 Å². The number of primary amides is 1. The number of Topliss-reactive ketones (excluding diaryl/α,β-unsaturated/α-hetero) is 1. The summed E-state index contributed by atoms with van der Waals surface area (Å²) >= 11 is 0. The van der Waals surface area contributed by atoms with Crippen LogP contribution in [0.1, 0.15) is 91.1 Å². The number of carbonyl (C=O) groups is 3. The van der Waals surface area contributed by atoms with E-state index < -0.39 is 17.9 Å². The summed E-state index contributed by atoms with van der Waals surface area (Å²) in [6.45, 7) is 2.86. The first-order valence-corrected chi connectivity index (χ1v) is 13.6. The number of hydrogen-bond acceptors (Lipinski definition) is 5. The fourth-order valence-corrected chi connectivity index (χ4v) is 7.25. The molecular formula is C28H37N3O4. The first-order valence-electron chi connectivity index (χ1n) is 13.6. The van der Waals surface area contributed by atoms with Crippen LogP contribution >= 0.6 is 0 Å².